The maximum absolute atomic E-state index is 12.8. The molecule has 0 radical (unpaired) electrons. The fraction of sp³-hybridized carbons (Fsp3) is 0.182. The predicted molar refractivity (Wildman–Crippen MR) is 119 cm³/mol. The number of halogens is 2. The Morgan fingerprint density at radius 1 is 0.967 bits per heavy atom. The number of fused-ring (bicyclic) bond motifs is 2. The van der Waals surface area contributed by atoms with Gasteiger partial charge in [-0.3, -0.25) is 4.79 Å². The van der Waals surface area contributed by atoms with Gasteiger partial charge >= 0.3 is 0 Å². The zero-order chi connectivity index (χ0) is 20.7. The van der Waals surface area contributed by atoms with Crippen LogP contribution in [0.3, 0.4) is 0 Å². The second-order valence-corrected chi connectivity index (χ2v) is 9.05. The summed E-state index contributed by atoms with van der Waals surface area (Å²) in [5, 5.41) is 6.52. The summed E-state index contributed by atoms with van der Waals surface area (Å²) >= 11 is 13.5. The van der Waals surface area contributed by atoms with Crippen LogP contribution in [0.5, 0.6) is 0 Å². The number of hydrogen-bond donors (Lipinski definition) is 0. The molecule has 5 nitrogen and oxygen atoms in total. The van der Waals surface area contributed by atoms with Crippen LogP contribution in [0.1, 0.15) is 39.5 Å². The summed E-state index contributed by atoms with van der Waals surface area (Å²) in [7, 11) is 0. The number of hydrogen-bond acceptors (Lipinski definition) is 5. The molecule has 0 N–H and O–H groups in total. The maximum Gasteiger partial charge on any atom is 0.253 e. The van der Waals surface area contributed by atoms with Gasteiger partial charge < -0.3 is 0 Å². The first kappa shape index (κ1) is 19.5. The van der Waals surface area contributed by atoms with E-state index >= 15 is 0 Å². The van der Waals surface area contributed by atoms with Crippen LogP contribution in [0.25, 0.3) is 5.78 Å². The fourth-order valence-corrected chi connectivity index (χ4v) is 4.66. The first-order valence-electron chi connectivity index (χ1n) is 9.47. The molecule has 1 aliphatic rings. The molecule has 1 aliphatic carbocycles. The van der Waals surface area contributed by atoms with Crippen molar-refractivity contribution in [1.82, 2.24) is 19.6 Å². The van der Waals surface area contributed by atoms with Crippen molar-refractivity contribution in [1.29, 1.82) is 0 Å². The number of thioether (sulfide) groups is 1. The molecule has 4 aromatic rings. The molecule has 0 amide bonds. The second-order valence-electron chi connectivity index (χ2n) is 7.24. The molecular weight excluding hydrogens is 439 g/mol. The van der Waals surface area contributed by atoms with Gasteiger partial charge in [-0.1, -0.05) is 59.2 Å². The molecule has 2 aromatic carbocycles. The Balaban J connectivity index is 1.39. The standard InChI is InChI=1S/C22H16Cl2N4OS/c23-16-5-1-13(2-6-16)12-30-22-26-21-25-19-9-15(14-3-7-17(24)8-4-14)10-20(29)18(19)11-28(21)27-22/h1-8,11,15H,9-10,12H2. The van der Waals surface area contributed by atoms with Crippen molar-refractivity contribution < 1.29 is 4.79 Å². The van der Waals surface area contributed by atoms with Crippen molar-refractivity contribution >= 4 is 46.5 Å². The molecule has 2 aromatic heterocycles. The molecule has 0 bridgehead atoms. The first-order valence-corrected chi connectivity index (χ1v) is 11.2. The van der Waals surface area contributed by atoms with Gasteiger partial charge in [0.1, 0.15) is 0 Å². The third kappa shape index (κ3) is 3.95. The molecule has 0 fully saturated rings. The summed E-state index contributed by atoms with van der Waals surface area (Å²) in [5.41, 5.74) is 3.64. The third-order valence-electron chi connectivity index (χ3n) is 5.19. The molecule has 8 heteroatoms. The minimum atomic E-state index is 0.0801. The van der Waals surface area contributed by atoms with Crippen LogP contribution in [0, 0.1) is 0 Å². The van der Waals surface area contributed by atoms with Gasteiger partial charge in [-0.25, -0.2) is 9.50 Å². The van der Waals surface area contributed by atoms with Gasteiger partial charge in [0.2, 0.25) is 5.16 Å². The normalized spacial score (nSPS) is 16.1. The van der Waals surface area contributed by atoms with E-state index in [9.17, 15) is 4.79 Å². The highest BCUT2D eigenvalue weighted by Gasteiger charge is 2.28. The Bertz CT molecular complexity index is 1240. The van der Waals surface area contributed by atoms with Crippen LogP contribution in [0.2, 0.25) is 10.0 Å². The summed E-state index contributed by atoms with van der Waals surface area (Å²) in [6.45, 7) is 0. The molecular formula is C22H16Cl2N4OS. The summed E-state index contributed by atoms with van der Waals surface area (Å²) in [6, 6.07) is 15.4. The lowest BCUT2D eigenvalue weighted by molar-refractivity contribution is 0.0962. The van der Waals surface area contributed by atoms with Crippen LogP contribution >= 0.6 is 35.0 Å². The second kappa shape index (κ2) is 8.02. The number of benzene rings is 2. The average molecular weight is 455 g/mol. The molecule has 0 saturated heterocycles. The van der Waals surface area contributed by atoms with E-state index in [1.54, 1.807) is 10.7 Å². The van der Waals surface area contributed by atoms with Gasteiger partial charge in [0.05, 0.1) is 11.3 Å². The smallest absolute Gasteiger partial charge is 0.253 e. The lowest BCUT2D eigenvalue weighted by atomic mass is 9.82. The number of rotatable bonds is 4. The number of carbonyl (C=O) groups excluding carboxylic acids is 1. The maximum atomic E-state index is 12.8. The third-order valence-corrected chi connectivity index (χ3v) is 6.60. The van der Waals surface area contributed by atoms with Crippen molar-refractivity contribution in [2.75, 3.05) is 0 Å². The SMILES string of the molecule is O=C1CC(c2ccc(Cl)cc2)Cc2nc3nc(SCc4ccc(Cl)cc4)nn3cc21. The number of carbonyl (C=O) groups is 1. The van der Waals surface area contributed by atoms with Crippen molar-refractivity contribution in [3.8, 4) is 0 Å². The minimum absolute atomic E-state index is 0.0801. The van der Waals surface area contributed by atoms with E-state index < -0.39 is 0 Å². The van der Waals surface area contributed by atoms with Gasteiger partial charge in [-0.05, 0) is 47.7 Å². The highest BCUT2D eigenvalue weighted by molar-refractivity contribution is 7.98. The Morgan fingerprint density at radius 3 is 2.40 bits per heavy atom. The number of nitrogens with zero attached hydrogens (tertiary/aromatic N) is 4. The van der Waals surface area contributed by atoms with Crippen molar-refractivity contribution in [3.63, 3.8) is 0 Å². The first-order chi connectivity index (χ1) is 14.5. The molecule has 2 heterocycles. The van der Waals surface area contributed by atoms with Gasteiger partial charge in [0, 0.05) is 28.4 Å². The van der Waals surface area contributed by atoms with Crippen molar-refractivity contribution in [3.05, 3.63) is 87.2 Å². The Morgan fingerprint density at radius 2 is 1.67 bits per heavy atom. The Kier molecular flexibility index (Phi) is 5.23. The topological polar surface area (TPSA) is 60.2 Å². The van der Waals surface area contributed by atoms with E-state index in [1.165, 1.54) is 11.8 Å². The van der Waals surface area contributed by atoms with E-state index in [4.69, 9.17) is 23.2 Å². The van der Waals surface area contributed by atoms with Crippen molar-refractivity contribution in [2.45, 2.75) is 29.7 Å². The fourth-order valence-electron chi connectivity index (χ4n) is 3.62. The summed E-state index contributed by atoms with van der Waals surface area (Å²) in [4.78, 5) is 22.0. The van der Waals surface area contributed by atoms with E-state index in [-0.39, 0.29) is 11.7 Å². The van der Waals surface area contributed by atoms with Gasteiger partial charge in [-0.15, -0.1) is 5.10 Å². The highest BCUT2D eigenvalue weighted by Crippen LogP contribution is 2.32. The Labute approximate surface area is 187 Å². The summed E-state index contributed by atoms with van der Waals surface area (Å²) in [5.74, 6) is 1.41. The average Bonchev–Trinajstić information content (AvgIpc) is 3.14. The van der Waals surface area contributed by atoms with Gasteiger partial charge in [0.25, 0.3) is 5.78 Å². The number of ketones is 1. The number of Topliss-reactive ketones (excluding diaryl/α,β-unsaturated/α-hetero) is 1. The molecule has 0 aliphatic heterocycles. The summed E-state index contributed by atoms with van der Waals surface area (Å²) in [6.07, 6.45) is 2.91. The van der Waals surface area contributed by atoms with Crippen molar-refractivity contribution in [2.24, 2.45) is 0 Å². The van der Waals surface area contributed by atoms with E-state index in [0.29, 0.717) is 39.4 Å². The molecule has 5 rings (SSSR count). The van der Waals surface area contributed by atoms with E-state index in [0.717, 1.165) is 22.6 Å². The van der Waals surface area contributed by atoms with Gasteiger partial charge in [-0.2, -0.15) is 4.98 Å². The van der Waals surface area contributed by atoms with Gasteiger partial charge in [0.15, 0.2) is 5.78 Å². The lowest BCUT2D eigenvalue weighted by Gasteiger charge is -2.23. The Hall–Kier alpha value is -2.41. The molecule has 1 atom stereocenters. The quantitative estimate of drug-likeness (QED) is 0.373. The number of aromatic nitrogens is 4. The van der Waals surface area contributed by atoms with E-state index in [2.05, 4.69) is 15.1 Å². The van der Waals surface area contributed by atoms with Crippen LogP contribution in [0.15, 0.2) is 59.9 Å². The zero-order valence-electron chi connectivity index (χ0n) is 15.8. The summed E-state index contributed by atoms with van der Waals surface area (Å²) < 4.78 is 1.60. The lowest BCUT2D eigenvalue weighted by Crippen LogP contribution is -2.21. The molecule has 1 unspecified atom stereocenters. The van der Waals surface area contributed by atoms with E-state index in [1.807, 2.05) is 48.5 Å². The highest BCUT2D eigenvalue weighted by atomic mass is 35.5. The predicted octanol–water partition coefficient (Wildman–Crippen LogP) is 5.64. The monoisotopic (exact) mass is 454 g/mol. The molecule has 30 heavy (non-hydrogen) atoms. The minimum Gasteiger partial charge on any atom is -0.294 e. The molecule has 0 spiro atoms. The van der Waals surface area contributed by atoms with Crippen LogP contribution in [-0.4, -0.2) is 25.4 Å². The van der Waals surface area contributed by atoms with Crippen LogP contribution < -0.4 is 0 Å². The largest absolute Gasteiger partial charge is 0.294 e. The zero-order valence-corrected chi connectivity index (χ0v) is 18.1. The van der Waals surface area contributed by atoms with Crippen LogP contribution in [0.4, 0.5) is 0 Å². The van der Waals surface area contributed by atoms with Crippen LogP contribution in [-0.2, 0) is 12.2 Å². The molecule has 150 valence electrons. The molecule has 0 saturated carbocycles.